The van der Waals surface area contributed by atoms with E-state index in [0.29, 0.717) is 0 Å². The molecule has 186 valence electrons. The third-order valence-corrected chi connectivity index (χ3v) is 7.06. The van der Waals surface area contributed by atoms with Crippen LogP contribution in [0.4, 0.5) is 0 Å². The maximum absolute atomic E-state index is 12.1. The van der Waals surface area contributed by atoms with Crippen molar-refractivity contribution in [3.8, 4) is 11.4 Å². The van der Waals surface area contributed by atoms with E-state index in [9.17, 15) is 4.79 Å². The summed E-state index contributed by atoms with van der Waals surface area (Å²) in [6, 6.07) is 8.48. The number of benzene rings is 1. The van der Waals surface area contributed by atoms with Crippen molar-refractivity contribution < 1.29 is 9.53 Å². The molecule has 3 rings (SSSR count). The van der Waals surface area contributed by atoms with E-state index in [1.54, 1.807) is 0 Å². The summed E-state index contributed by atoms with van der Waals surface area (Å²) in [7, 11) is 0. The van der Waals surface area contributed by atoms with Crippen LogP contribution >= 0.6 is 0 Å². The second-order valence-corrected chi connectivity index (χ2v) is 10.0. The molecule has 0 amide bonds. The Kier molecular flexibility index (Phi) is 11.6. The topological polar surface area (TPSA) is 52.1 Å². The Hall–Kier alpha value is -2.23. The summed E-state index contributed by atoms with van der Waals surface area (Å²) in [6.07, 6.45) is 21.8. The predicted octanol–water partition coefficient (Wildman–Crippen LogP) is 7.88. The molecule has 4 nitrogen and oxygen atoms in total. The Bertz CT molecular complexity index is 832. The van der Waals surface area contributed by atoms with Crippen molar-refractivity contribution in [1.29, 1.82) is 0 Å². The molecule has 2 aromatic rings. The highest BCUT2D eigenvalue weighted by Gasteiger charge is 2.33. The number of aryl methyl sites for hydroxylation is 2. The fourth-order valence-corrected chi connectivity index (χ4v) is 4.82. The van der Waals surface area contributed by atoms with Gasteiger partial charge in [0.1, 0.15) is 6.10 Å². The molecular formula is C30H44N2O2. The van der Waals surface area contributed by atoms with Crippen molar-refractivity contribution in [3.63, 3.8) is 0 Å². The molecule has 34 heavy (non-hydrogen) atoms. The number of hydrogen-bond donors (Lipinski definition) is 0. The summed E-state index contributed by atoms with van der Waals surface area (Å²) >= 11 is 0. The normalized spacial score (nSPS) is 17.8. The van der Waals surface area contributed by atoms with Crippen molar-refractivity contribution in [2.45, 2.75) is 116 Å². The molecule has 1 fully saturated rings. The summed E-state index contributed by atoms with van der Waals surface area (Å²) in [5.41, 5.74) is 3.52. The lowest BCUT2D eigenvalue weighted by atomic mass is 9.95. The molecule has 0 bridgehead atoms. The third-order valence-electron chi connectivity index (χ3n) is 7.06. The van der Waals surface area contributed by atoms with Gasteiger partial charge >= 0.3 is 5.97 Å². The zero-order chi connectivity index (χ0) is 24.0. The Morgan fingerprint density at radius 1 is 0.765 bits per heavy atom. The highest BCUT2D eigenvalue weighted by atomic mass is 16.5. The molecule has 2 heterocycles. The van der Waals surface area contributed by atoms with Crippen LogP contribution in [0.25, 0.3) is 11.4 Å². The van der Waals surface area contributed by atoms with E-state index in [-0.39, 0.29) is 18.0 Å². The molecule has 2 atom stereocenters. The van der Waals surface area contributed by atoms with Gasteiger partial charge in [-0.3, -0.25) is 4.79 Å². The number of esters is 1. The minimum absolute atomic E-state index is 0.00168. The lowest BCUT2D eigenvalue weighted by Crippen LogP contribution is -2.08. The van der Waals surface area contributed by atoms with Gasteiger partial charge in [-0.05, 0) is 49.7 Å². The first-order valence-corrected chi connectivity index (χ1v) is 13.8. The fraction of sp³-hybridized carbons (Fsp3) is 0.633. The first kappa shape index (κ1) is 26.4. The van der Waals surface area contributed by atoms with Crippen LogP contribution in [0.5, 0.6) is 0 Å². The molecule has 0 aliphatic carbocycles. The molecule has 1 aromatic carbocycles. The van der Waals surface area contributed by atoms with E-state index in [1.807, 2.05) is 12.4 Å². The van der Waals surface area contributed by atoms with Crippen LogP contribution in [0.15, 0.2) is 36.7 Å². The maximum Gasteiger partial charge on any atom is 0.309 e. The Labute approximate surface area is 206 Å². The largest absolute Gasteiger partial charge is 0.462 e. The van der Waals surface area contributed by atoms with Crippen molar-refractivity contribution in [2.75, 3.05) is 0 Å². The summed E-state index contributed by atoms with van der Waals surface area (Å²) in [5.74, 6) is 0.834. The fourth-order valence-electron chi connectivity index (χ4n) is 4.82. The second-order valence-electron chi connectivity index (χ2n) is 10.0. The zero-order valence-corrected chi connectivity index (χ0v) is 21.4. The van der Waals surface area contributed by atoms with Crippen molar-refractivity contribution in [2.24, 2.45) is 5.92 Å². The van der Waals surface area contributed by atoms with Gasteiger partial charge in [0.25, 0.3) is 0 Å². The van der Waals surface area contributed by atoms with Crippen LogP contribution in [0.1, 0.15) is 108 Å². The van der Waals surface area contributed by atoms with E-state index in [2.05, 4.69) is 48.1 Å². The van der Waals surface area contributed by atoms with Crippen molar-refractivity contribution in [1.82, 2.24) is 9.97 Å². The van der Waals surface area contributed by atoms with E-state index in [4.69, 9.17) is 4.74 Å². The number of rotatable bonds is 16. The molecular weight excluding hydrogens is 420 g/mol. The number of unbranched alkanes of at least 4 members (excludes halogenated alkanes) is 8. The number of nitrogens with zero attached hydrogens (tertiary/aromatic N) is 2. The summed E-state index contributed by atoms with van der Waals surface area (Å²) in [4.78, 5) is 21.4. The number of hydrogen-bond acceptors (Lipinski definition) is 4. The van der Waals surface area contributed by atoms with Crippen LogP contribution in [0.2, 0.25) is 0 Å². The van der Waals surface area contributed by atoms with E-state index >= 15 is 0 Å². The third kappa shape index (κ3) is 8.85. The maximum atomic E-state index is 12.1. The van der Waals surface area contributed by atoms with Crippen LogP contribution in [-0.4, -0.2) is 22.0 Å². The van der Waals surface area contributed by atoms with E-state index in [0.717, 1.165) is 56.3 Å². The van der Waals surface area contributed by atoms with Crippen LogP contribution in [-0.2, 0) is 22.4 Å². The van der Waals surface area contributed by atoms with Gasteiger partial charge < -0.3 is 4.74 Å². The molecule has 4 heteroatoms. The van der Waals surface area contributed by atoms with Crippen molar-refractivity contribution >= 4 is 5.97 Å². The molecule has 0 spiro atoms. The molecule has 1 aromatic heterocycles. The molecule has 0 saturated carbocycles. The summed E-state index contributed by atoms with van der Waals surface area (Å²) in [5, 5.41) is 0. The lowest BCUT2D eigenvalue weighted by molar-refractivity contribution is -0.144. The number of carbonyl (C=O) groups is 1. The molecule has 1 aliphatic heterocycles. The smallest absolute Gasteiger partial charge is 0.309 e. The Morgan fingerprint density at radius 3 is 2.09 bits per heavy atom. The standard InChI is InChI=1S/C30H44N2O2/c1-3-5-7-8-9-10-11-12-13-25-22-31-29(32-23-25)26-18-15-24(16-19-26)17-20-27-21-28(14-6-4-2)34-30(27)33/h15-16,18-19,22-23,27-28H,3-14,17,20-21H2,1-2H3. The number of cyclic esters (lactones) is 1. The molecule has 0 radical (unpaired) electrons. The van der Waals surface area contributed by atoms with Gasteiger partial charge in [-0.1, -0.05) is 95.9 Å². The van der Waals surface area contributed by atoms with E-state index < -0.39 is 0 Å². The van der Waals surface area contributed by atoms with Gasteiger partial charge in [0.2, 0.25) is 0 Å². The SMILES string of the molecule is CCCCCCCCCCc1cnc(-c2ccc(CCC3CC(CCCC)OC3=O)cc2)nc1. The molecule has 0 N–H and O–H groups in total. The van der Waals surface area contributed by atoms with Gasteiger partial charge in [-0.15, -0.1) is 0 Å². The lowest BCUT2D eigenvalue weighted by Gasteiger charge is -2.08. The predicted molar refractivity (Wildman–Crippen MR) is 140 cm³/mol. The summed E-state index contributed by atoms with van der Waals surface area (Å²) in [6.45, 7) is 4.44. The quantitative estimate of drug-likeness (QED) is 0.187. The number of carbonyl (C=O) groups excluding carboxylic acids is 1. The molecule has 2 unspecified atom stereocenters. The van der Waals surface area contributed by atoms with Gasteiger partial charge in [0.15, 0.2) is 5.82 Å². The second kappa shape index (κ2) is 14.9. The van der Waals surface area contributed by atoms with Gasteiger partial charge in [-0.2, -0.15) is 0 Å². The average molecular weight is 465 g/mol. The molecule has 1 aliphatic rings. The highest BCUT2D eigenvalue weighted by molar-refractivity contribution is 5.74. The van der Waals surface area contributed by atoms with Gasteiger partial charge in [0.05, 0.1) is 5.92 Å². The zero-order valence-electron chi connectivity index (χ0n) is 21.4. The Morgan fingerprint density at radius 2 is 1.41 bits per heavy atom. The van der Waals surface area contributed by atoms with Crippen LogP contribution < -0.4 is 0 Å². The summed E-state index contributed by atoms with van der Waals surface area (Å²) < 4.78 is 5.55. The highest BCUT2D eigenvalue weighted by Crippen LogP contribution is 2.28. The minimum Gasteiger partial charge on any atom is -0.462 e. The molecule has 1 saturated heterocycles. The minimum atomic E-state index is -0.00168. The first-order chi connectivity index (χ1) is 16.7. The van der Waals surface area contributed by atoms with Gasteiger partial charge in [-0.25, -0.2) is 9.97 Å². The van der Waals surface area contributed by atoms with Crippen molar-refractivity contribution in [3.05, 3.63) is 47.8 Å². The van der Waals surface area contributed by atoms with Crippen LogP contribution in [0, 0.1) is 5.92 Å². The van der Waals surface area contributed by atoms with E-state index in [1.165, 1.54) is 62.5 Å². The first-order valence-electron chi connectivity index (χ1n) is 13.8. The number of ether oxygens (including phenoxy) is 1. The number of aromatic nitrogens is 2. The van der Waals surface area contributed by atoms with Crippen LogP contribution in [0.3, 0.4) is 0 Å². The monoisotopic (exact) mass is 464 g/mol. The van der Waals surface area contributed by atoms with Gasteiger partial charge in [0, 0.05) is 18.0 Å². The average Bonchev–Trinajstić information content (AvgIpc) is 3.23. The Balaban J connectivity index is 1.37.